The number of aliphatic hydroxyl groups excluding tert-OH is 1. The van der Waals surface area contributed by atoms with Gasteiger partial charge in [0.15, 0.2) is 6.29 Å². The number of ether oxygens (including phenoxy) is 2. The van der Waals surface area contributed by atoms with Gasteiger partial charge in [-0.25, -0.2) is 0 Å². The van der Waals surface area contributed by atoms with Gasteiger partial charge in [-0.1, -0.05) is 55.4 Å². The van der Waals surface area contributed by atoms with E-state index in [4.69, 9.17) is 22.4 Å². The van der Waals surface area contributed by atoms with E-state index in [0.29, 0.717) is 6.61 Å². The highest BCUT2D eigenvalue weighted by atomic mass is 28.5. The van der Waals surface area contributed by atoms with Gasteiger partial charge < -0.3 is 27.5 Å². The van der Waals surface area contributed by atoms with Crippen LogP contribution in [0.5, 0.6) is 0 Å². The fourth-order valence-corrected chi connectivity index (χ4v) is 15.5. The number of methoxy groups -OCH3 is 1. The Morgan fingerprint density at radius 3 is 1.81 bits per heavy atom. The maximum atomic E-state index is 10.7. The molecule has 2 fully saturated rings. The average molecular weight is 407 g/mol. The van der Waals surface area contributed by atoms with Gasteiger partial charge in [0.1, 0.15) is 18.3 Å². The molecule has 2 aliphatic rings. The van der Waals surface area contributed by atoms with Crippen molar-refractivity contribution in [3.8, 4) is 0 Å². The number of aliphatic hydroxyl groups is 1. The molecule has 6 nitrogen and oxygen atoms in total. The first kappa shape index (κ1) is 22.5. The second-order valence-electron chi connectivity index (χ2n) is 8.83. The summed E-state index contributed by atoms with van der Waals surface area (Å²) in [5.74, 6) is 0. The highest BCUT2D eigenvalue weighted by Crippen LogP contribution is 2.47. The molecule has 2 aliphatic heterocycles. The lowest BCUT2D eigenvalue weighted by molar-refractivity contribution is -0.152. The molecule has 154 valence electrons. The van der Waals surface area contributed by atoms with Crippen molar-refractivity contribution in [2.24, 2.45) is 0 Å². The molecule has 0 aromatic heterocycles. The Hall–Kier alpha value is 0.194. The third kappa shape index (κ3) is 3.71. The van der Waals surface area contributed by atoms with E-state index in [1.165, 1.54) is 0 Å². The minimum absolute atomic E-state index is 0.225. The minimum atomic E-state index is -2.71. The largest absolute Gasteiger partial charge is 0.414 e. The van der Waals surface area contributed by atoms with Gasteiger partial charge in [0, 0.05) is 7.11 Å². The van der Waals surface area contributed by atoms with Crippen molar-refractivity contribution < 1.29 is 27.5 Å². The monoisotopic (exact) mass is 406 g/mol. The quantitative estimate of drug-likeness (QED) is 0.703. The van der Waals surface area contributed by atoms with Crippen LogP contribution in [-0.4, -0.2) is 60.5 Å². The van der Waals surface area contributed by atoms with Crippen LogP contribution in [0.1, 0.15) is 55.4 Å². The van der Waals surface area contributed by atoms with E-state index in [9.17, 15) is 5.11 Å². The Kier molecular flexibility index (Phi) is 7.16. The molecule has 0 aliphatic carbocycles. The molecular weight excluding hydrogens is 368 g/mol. The summed E-state index contributed by atoms with van der Waals surface area (Å²) in [4.78, 5) is 0. The topological polar surface area (TPSA) is 66.4 Å². The van der Waals surface area contributed by atoms with Crippen molar-refractivity contribution in [1.82, 2.24) is 0 Å². The molecule has 2 saturated heterocycles. The lowest BCUT2D eigenvalue weighted by Crippen LogP contribution is -2.65. The summed E-state index contributed by atoms with van der Waals surface area (Å²) in [6.45, 7) is 17.8. The van der Waals surface area contributed by atoms with Crippen LogP contribution in [0.3, 0.4) is 0 Å². The van der Waals surface area contributed by atoms with Crippen LogP contribution >= 0.6 is 0 Å². The van der Waals surface area contributed by atoms with Crippen LogP contribution in [0.2, 0.25) is 22.2 Å². The van der Waals surface area contributed by atoms with E-state index in [2.05, 4.69) is 55.4 Å². The van der Waals surface area contributed by atoms with Gasteiger partial charge in [0.25, 0.3) is 0 Å². The molecule has 1 unspecified atom stereocenters. The highest BCUT2D eigenvalue weighted by molar-refractivity contribution is 6.83. The van der Waals surface area contributed by atoms with Gasteiger partial charge in [-0.3, -0.25) is 0 Å². The van der Waals surface area contributed by atoms with Gasteiger partial charge in [0.05, 0.1) is 6.61 Å². The summed E-state index contributed by atoms with van der Waals surface area (Å²) in [7, 11) is -3.73. The summed E-state index contributed by atoms with van der Waals surface area (Å²) in [6.07, 6.45) is -2.35. The Morgan fingerprint density at radius 2 is 1.38 bits per heavy atom. The second kappa shape index (κ2) is 8.28. The van der Waals surface area contributed by atoms with Crippen molar-refractivity contribution in [1.29, 1.82) is 0 Å². The third-order valence-corrected chi connectivity index (χ3v) is 16.1. The molecule has 4 atom stereocenters. The fraction of sp³-hybridized carbons (Fsp3) is 1.00. The van der Waals surface area contributed by atoms with E-state index >= 15 is 0 Å². The van der Waals surface area contributed by atoms with Crippen molar-refractivity contribution in [2.45, 2.75) is 102 Å². The van der Waals surface area contributed by atoms with E-state index < -0.39 is 35.6 Å². The Morgan fingerprint density at radius 1 is 0.885 bits per heavy atom. The summed E-state index contributed by atoms with van der Waals surface area (Å²) in [6, 6.07) is 0. The number of fused-ring (bicyclic) bond motifs is 1. The standard InChI is InChI=1S/C18H38O6Si2/c1-11(2)25(12(3)4)21-10-15-17(16(19)18(20-9)22-15)23-26(24-25,13(5)6)14(7)8/h11-19H,10H2,1-9H3/t15-,16-,17-,18?/m1/s1. The van der Waals surface area contributed by atoms with Crippen molar-refractivity contribution in [3.63, 3.8) is 0 Å². The van der Waals surface area contributed by atoms with Crippen LogP contribution in [0.15, 0.2) is 0 Å². The van der Waals surface area contributed by atoms with E-state index in [0.717, 1.165) is 0 Å². The maximum absolute atomic E-state index is 10.7. The first-order valence-corrected chi connectivity index (χ1v) is 13.8. The molecule has 2 heterocycles. The van der Waals surface area contributed by atoms with Crippen LogP contribution in [0.4, 0.5) is 0 Å². The highest BCUT2D eigenvalue weighted by Gasteiger charge is 2.61. The third-order valence-electron chi connectivity index (χ3n) is 5.85. The van der Waals surface area contributed by atoms with Gasteiger partial charge in [-0.15, -0.1) is 0 Å². The molecule has 0 spiro atoms. The van der Waals surface area contributed by atoms with E-state index in [1.807, 2.05) is 0 Å². The van der Waals surface area contributed by atoms with Crippen molar-refractivity contribution >= 4 is 17.1 Å². The lowest BCUT2D eigenvalue weighted by atomic mass is 10.1. The molecule has 0 radical (unpaired) electrons. The predicted octanol–water partition coefficient (Wildman–Crippen LogP) is 3.68. The molecule has 0 aromatic rings. The number of hydrogen-bond donors (Lipinski definition) is 1. The molecular formula is C18H38O6Si2. The van der Waals surface area contributed by atoms with Crippen molar-refractivity contribution in [3.05, 3.63) is 0 Å². The molecule has 2 rings (SSSR count). The first-order valence-electron chi connectivity index (χ1n) is 9.90. The zero-order chi connectivity index (χ0) is 19.9. The molecule has 0 saturated carbocycles. The zero-order valence-corrected chi connectivity index (χ0v) is 19.8. The molecule has 0 amide bonds. The molecule has 1 N–H and O–H groups in total. The molecule has 0 bridgehead atoms. The number of rotatable bonds is 5. The van der Waals surface area contributed by atoms with Gasteiger partial charge in [-0.2, -0.15) is 0 Å². The fourth-order valence-electron chi connectivity index (χ4n) is 4.32. The van der Waals surface area contributed by atoms with Crippen LogP contribution in [0.25, 0.3) is 0 Å². The zero-order valence-electron chi connectivity index (χ0n) is 17.8. The molecule has 0 aromatic carbocycles. The van der Waals surface area contributed by atoms with Crippen LogP contribution < -0.4 is 0 Å². The van der Waals surface area contributed by atoms with Gasteiger partial charge in [-0.05, 0) is 22.2 Å². The van der Waals surface area contributed by atoms with Gasteiger partial charge >= 0.3 is 17.1 Å². The maximum Gasteiger partial charge on any atom is 0.335 e. The Bertz CT molecular complexity index is 455. The SMILES string of the molecule is COC1O[C@@H]2CO[Si](C(C)C)(C(C)C)O[Si](C(C)C)(C(C)C)O[C@H]2[C@H]1O. The summed E-state index contributed by atoms with van der Waals surface area (Å²) < 4.78 is 31.6. The Balaban J connectivity index is 2.52. The van der Waals surface area contributed by atoms with Crippen LogP contribution in [-0.2, 0) is 22.4 Å². The number of hydrogen-bond acceptors (Lipinski definition) is 6. The summed E-state index contributed by atoms with van der Waals surface area (Å²) in [5, 5.41) is 10.7. The predicted molar refractivity (Wildman–Crippen MR) is 105 cm³/mol. The van der Waals surface area contributed by atoms with Crippen LogP contribution in [0, 0.1) is 0 Å². The second-order valence-corrected chi connectivity index (χ2v) is 17.7. The minimum Gasteiger partial charge on any atom is -0.414 e. The van der Waals surface area contributed by atoms with Gasteiger partial charge in [0.2, 0.25) is 0 Å². The van der Waals surface area contributed by atoms with E-state index in [-0.39, 0.29) is 28.3 Å². The first-order chi connectivity index (χ1) is 12.0. The summed E-state index contributed by atoms with van der Waals surface area (Å²) in [5.41, 5.74) is 1.03. The van der Waals surface area contributed by atoms with E-state index in [1.54, 1.807) is 7.11 Å². The smallest absolute Gasteiger partial charge is 0.335 e. The average Bonchev–Trinajstić information content (AvgIpc) is 2.81. The molecule has 8 heteroatoms. The Labute approximate surface area is 161 Å². The normalized spacial score (nSPS) is 34.4. The molecule has 26 heavy (non-hydrogen) atoms. The van der Waals surface area contributed by atoms with Crippen molar-refractivity contribution in [2.75, 3.05) is 13.7 Å². The summed E-state index contributed by atoms with van der Waals surface area (Å²) >= 11 is 0. The lowest BCUT2D eigenvalue weighted by Gasteiger charge is -2.51.